The van der Waals surface area contributed by atoms with Crippen LogP contribution in [0.15, 0.2) is 17.7 Å². The molecule has 0 N–H and O–H groups in total. The number of rotatable bonds is 0. The molecule has 0 saturated carbocycles. The van der Waals surface area contributed by atoms with E-state index in [0.717, 1.165) is 12.0 Å². The molecule has 0 spiro atoms. The molecule has 0 heterocycles. The van der Waals surface area contributed by atoms with Crippen molar-refractivity contribution in [2.75, 3.05) is 0 Å². The van der Waals surface area contributed by atoms with Crippen molar-refractivity contribution in [1.82, 2.24) is 0 Å². The molecule has 0 fully saturated rings. The molecule has 0 nitrogen and oxygen atoms in total. The smallest absolute Gasteiger partial charge is 0 e. The van der Waals surface area contributed by atoms with Crippen LogP contribution >= 0.6 is 0 Å². The van der Waals surface area contributed by atoms with Gasteiger partial charge in [0.2, 0.25) is 0 Å². The topological polar surface area (TPSA) is 0 Å². The van der Waals surface area contributed by atoms with E-state index in [1.54, 1.807) is 0 Å². The Balaban J connectivity index is 0.000000360. The Morgan fingerprint density at radius 2 is 2.14 bits per heavy atom. The Bertz CT molecular complexity index is 111. The zero-order valence-corrected chi connectivity index (χ0v) is 7.33. The van der Waals surface area contributed by atoms with Gasteiger partial charge in [0.05, 0.1) is 0 Å². The summed E-state index contributed by atoms with van der Waals surface area (Å²) in [7, 11) is 0. The molecule has 35 valence electrons. The van der Waals surface area contributed by atoms with E-state index in [1.807, 2.05) is 0 Å². The Morgan fingerprint density at radius 3 is 2.14 bits per heavy atom. The molecule has 1 aliphatic rings. The summed E-state index contributed by atoms with van der Waals surface area (Å²) in [6, 6.07) is 0. The van der Waals surface area contributed by atoms with Crippen LogP contribution in [0.3, 0.4) is 0 Å². The third-order valence-corrected chi connectivity index (χ3v) is 0.869. The normalized spacial score (nSPS) is 16.7. The van der Waals surface area contributed by atoms with Crippen LogP contribution in [-0.2, 0) is 32.7 Å². The molecular formula is C6H7Y-. The summed E-state index contributed by atoms with van der Waals surface area (Å²) in [5, 5.41) is 0. The first-order valence-electron chi connectivity index (χ1n) is 2.06. The fourth-order valence-electron chi connectivity index (χ4n) is 0.604. The first-order chi connectivity index (χ1) is 2.79. The van der Waals surface area contributed by atoms with Gasteiger partial charge in [-0.25, -0.2) is 18.2 Å². The molecule has 0 atom stereocenters. The van der Waals surface area contributed by atoms with Crippen molar-refractivity contribution in [2.24, 2.45) is 0 Å². The summed E-state index contributed by atoms with van der Waals surface area (Å²) >= 11 is 0. The predicted molar refractivity (Wildman–Crippen MR) is 26.2 cm³/mol. The summed E-state index contributed by atoms with van der Waals surface area (Å²) in [5.41, 5.74) is 2.48. The molecule has 0 bridgehead atoms. The Hall–Kier alpha value is 0.584. The summed E-state index contributed by atoms with van der Waals surface area (Å²) in [6.45, 7) is 5.74. The molecule has 1 heteroatoms. The Morgan fingerprint density at radius 1 is 1.71 bits per heavy atom. The van der Waals surface area contributed by atoms with Gasteiger partial charge < -0.3 is 0 Å². The van der Waals surface area contributed by atoms with E-state index in [1.165, 1.54) is 5.57 Å². The van der Waals surface area contributed by atoms with Crippen LogP contribution in [0.5, 0.6) is 0 Å². The summed E-state index contributed by atoms with van der Waals surface area (Å²) < 4.78 is 0. The molecule has 1 rings (SSSR count). The minimum atomic E-state index is 0. The van der Waals surface area contributed by atoms with Crippen molar-refractivity contribution in [3.63, 3.8) is 0 Å². The van der Waals surface area contributed by atoms with E-state index in [9.17, 15) is 0 Å². The maximum atomic E-state index is 3.68. The number of hydrogen-bond acceptors (Lipinski definition) is 0. The van der Waals surface area contributed by atoms with E-state index in [-0.39, 0.29) is 32.7 Å². The maximum absolute atomic E-state index is 3.68. The van der Waals surface area contributed by atoms with Crippen molar-refractivity contribution in [1.29, 1.82) is 0 Å². The van der Waals surface area contributed by atoms with Gasteiger partial charge in [0.1, 0.15) is 0 Å². The molecule has 7 heavy (non-hydrogen) atoms. The molecule has 0 saturated heterocycles. The molecule has 0 amide bonds. The van der Waals surface area contributed by atoms with E-state index in [2.05, 4.69) is 19.6 Å². The van der Waals surface area contributed by atoms with Gasteiger partial charge in [-0.05, 0) is 0 Å². The fourth-order valence-corrected chi connectivity index (χ4v) is 0.604. The summed E-state index contributed by atoms with van der Waals surface area (Å²) in [4.78, 5) is 0. The van der Waals surface area contributed by atoms with Crippen LogP contribution < -0.4 is 0 Å². The average Bonchev–Trinajstić information content (AvgIpc) is 1.33. The van der Waals surface area contributed by atoms with E-state index >= 15 is 0 Å². The van der Waals surface area contributed by atoms with Crippen LogP contribution in [0.1, 0.15) is 13.3 Å². The predicted octanol–water partition coefficient (Wildman–Crippen LogP) is 1.69. The maximum Gasteiger partial charge on any atom is 0 e. The average molecular weight is 168 g/mol. The molecule has 0 aromatic heterocycles. The van der Waals surface area contributed by atoms with Crippen LogP contribution in [0.4, 0.5) is 0 Å². The second-order valence-corrected chi connectivity index (χ2v) is 1.69. The molecule has 0 aliphatic heterocycles. The van der Waals surface area contributed by atoms with Gasteiger partial charge in [0.15, 0.2) is 0 Å². The van der Waals surface area contributed by atoms with E-state index in [4.69, 9.17) is 0 Å². The summed E-state index contributed by atoms with van der Waals surface area (Å²) in [5.74, 6) is 0. The number of allylic oxidation sites excluding steroid dienone is 3. The van der Waals surface area contributed by atoms with Crippen molar-refractivity contribution in [3.8, 4) is 0 Å². The fraction of sp³-hybridized carbons (Fsp3) is 0.333. The van der Waals surface area contributed by atoms with Crippen LogP contribution in [0.25, 0.3) is 0 Å². The van der Waals surface area contributed by atoms with Gasteiger partial charge in [-0.1, -0.05) is 13.3 Å². The van der Waals surface area contributed by atoms with Crippen LogP contribution in [-0.4, -0.2) is 0 Å². The molecule has 1 radical (unpaired) electrons. The van der Waals surface area contributed by atoms with Crippen LogP contribution in [0, 0.1) is 6.08 Å². The largest absolute Gasteiger partial charge is 0.248 e. The van der Waals surface area contributed by atoms with E-state index < -0.39 is 0 Å². The minimum absolute atomic E-state index is 0. The van der Waals surface area contributed by atoms with Crippen molar-refractivity contribution >= 4 is 0 Å². The van der Waals surface area contributed by atoms with Crippen molar-refractivity contribution < 1.29 is 32.7 Å². The summed E-state index contributed by atoms with van der Waals surface area (Å²) in [6.07, 6.45) is 4.11. The molecule has 0 unspecified atom stereocenters. The van der Waals surface area contributed by atoms with Gasteiger partial charge >= 0.3 is 0 Å². The van der Waals surface area contributed by atoms with Gasteiger partial charge in [0.25, 0.3) is 0 Å². The second-order valence-electron chi connectivity index (χ2n) is 1.69. The van der Waals surface area contributed by atoms with Gasteiger partial charge in [-0.2, -0.15) is 5.57 Å². The third kappa shape index (κ3) is 1.88. The third-order valence-electron chi connectivity index (χ3n) is 0.869. The Labute approximate surface area is 69.6 Å². The monoisotopic (exact) mass is 168 g/mol. The zero-order valence-electron chi connectivity index (χ0n) is 4.49. The number of hydrogen-bond donors (Lipinski definition) is 0. The molecule has 1 aliphatic carbocycles. The van der Waals surface area contributed by atoms with Gasteiger partial charge in [-0.15, -0.1) is 0 Å². The van der Waals surface area contributed by atoms with Crippen LogP contribution in [0.2, 0.25) is 0 Å². The van der Waals surface area contributed by atoms with E-state index in [0.29, 0.717) is 0 Å². The molecular weight excluding hydrogens is 161 g/mol. The van der Waals surface area contributed by atoms with Crippen molar-refractivity contribution in [3.05, 3.63) is 23.8 Å². The first kappa shape index (κ1) is 7.58. The first-order valence-corrected chi connectivity index (χ1v) is 2.06. The van der Waals surface area contributed by atoms with Crippen molar-refractivity contribution in [2.45, 2.75) is 13.3 Å². The minimum Gasteiger partial charge on any atom is -0.248 e. The standard InChI is InChI=1S/C6H7.Y/c1-5-3-6(2)4-5;/h1,3H2,2H3;/q-1;. The van der Waals surface area contributed by atoms with Gasteiger partial charge in [0, 0.05) is 32.7 Å². The SMILES string of the molecule is C=C1[C-]=C(C)C1.[Y]. The Kier molecular flexibility index (Phi) is 3.02. The quantitative estimate of drug-likeness (QED) is 0.483. The zero-order chi connectivity index (χ0) is 4.57. The molecule has 0 aromatic carbocycles. The second kappa shape index (κ2) is 2.79. The van der Waals surface area contributed by atoms with Gasteiger partial charge in [-0.3, -0.25) is 0 Å². The molecule has 0 aromatic rings.